The summed E-state index contributed by atoms with van der Waals surface area (Å²) in [6, 6.07) is 13.9. The number of benzene rings is 1. The first-order valence-electron chi connectivity index (χ1n) is 5.49. The summed E-state index contributed by atoms with van der Waals surface area (Å²) in [5.74, 6) is 1.24. The van der Waals surface area contributed by atoms with Gasteiger partial charge in [-0.25, -0.2) is 0 Å². The molecule has 0 aliphatic carbocycles. The van der Waals surface area contributed by atoms with Crippen LogP contribution in [0, 0.1) is 6.92 Å². The van der Waals surface area contributed by atoms with Crippen molar-refractivity contribution >= 4 is 11.6 Å². The van der Waals surface area contributed by atoms with Crippen molar-refractivity contribution in [3.63, 3.8) is 0 Å². The second kappa shape index (κ2) is 5.69. The predicted octanol–water partition coefficient (Wildman–Crippen LogP) is 3.71. The van der Waals surface area contributed by atoms with Crippen molar-refractivity contribution in [3.8, 4) is 5.75 Å². The summed E-state index contributed by atoms with van der Waals surface area (Å²) >= 11 is 5.72. The average molecular weight is 248 g/mol. The van der Waals surface area contributed by atoms with E-state index in [1.54, 1.807) is 0 Å². The number of aryl methyl sites for hydroxylation is 1. The van der Waals surface area contributed by atoms with Gasteiger partial charge in [0.1, 0.15) is 12.4 Å². The molecular weight excluding hydrogens is 234 g/mol. The summed E-state index contributed by atoms with van der Waals surface area (Å²) in [6.45, 7) is 2.49. The van der Waals surface area contributed by atoms with Gasteiger partial charge in [0.05, 0.1) is 17.3 Å². The molecule has 1 aromatic heterocycles. The highest BCUT2D eigenvalue weighted by atomic mass is 35.5. The molecule has 0 aliphatic heterocycles. The van der Waals surface area contributed by atoms with E-state index in [2.05, 4.69) is 4.98 Å². The number of halogens is 1. The van der Waals surface area contributed by atoms with Crippen molar-refractivity contribution in [1.82, 2.24) is 4.98 Å². The normalized spacial score (nSPS) is 10.2. The number of rotatable bonds is 4. The Balaban J connectivity index is 2.04. The highest BCUT2D eigenvalue weighted by Gasteiger charge is 2.02. The van der Waals surface area contributed by atoms with Gasteiger partial charge in [-0.1, -0.05) is 30.3 Å². The lowest BCUT2D eigenvalue weighted by atomic mass is 10.2. The quantitative estimate of drug-likeness (QED) is 0.769. The second-order valence-corrected chi connectivity index (χ2v) is 4.06. The first-order chi connectivity index (χ1) is 8.29. The summed E-state index contributed by atoms with van der Waals surface area (Å²) in [5.41, 5.74) is 2.89. The van der Waals surface area contributed by atoms with E-state index in [1.807, 2.05) is 49.4 Å². The van der Waals surface area contributed by atoms with Gasteiger partial charge in [-0.2, -0.15) is 0 Å². The molecule has 0 unspecified atom stereocenters. The first kappa shape index (κ1) is 11.9. The topological polar surface area (TPSA) is 22.1 Å². The molecule has 2 aromatic rings. The molecule has 0 amide bonds. The van der Waals surface area contributed by atoms with E-state index in [-0.39, 0.29) is 0 Å². The van der Waals surface area contributed by atoms with Crippen molar-refractivity contribution in [2.45, 2.75) is 19.4 Å². The Morgan fingerprint density at radius 3 is 2.53 bits per heavy atom. The standard InChI is InChI=1S/C14H14ClNO/c1-11-14(8-7-13(9-15)16-11)17-10-12-5-3-2-4-6-12/h2-8H,9-10H2,1H3. The SMILES string of the molecule is Cc1nc(CCl)ccc1OCc1ccccc1. The monoisotopic (exact) mass is 247 g/mol. The Labute approximate surface area is 106 Å². The summed E-state index contributed by atoms with van der Waals surface area (Å²) in [4.78, 5) is 4.35. The fourth-order valence-electron chi connectivity index (χ4n) is 1.56. The van der Waals surface area contributed by atoms with E-state index < -0.39 is 0 Å². The van der Waals surface area contributed by atoms with Crippen LogP contribution in [0.15, 0.2) is 42.5 Å². The van der Waals surface area contributed by atoms with Gasteiger partial charge in [0.25, 0.3) is 0 Å². The minimum Gasteiger partial charge on any atom is -0.487 e. The van der Waals surface area contributed by atoms with Crippen molar-refractivity contribution in [2.75, 3.05) is 0 Å². The van der Waals surface area contributed by atoms with Gasteiger partial charge in [-0.15, -0.1) is 11.6 Å². The lowest BCUT2D eigenvalue weighted by Crippen LogP contribution is -1.99. The summed E-state index contributed by atoms with van der Waals surface area (Å²) in [5, 5.41) is 0. The van der Waals surface area contributed by atoms with Gasteiger partial charge in [0, 0.05) is 0 Å². The van der Waals surface area contributed by atoms with Crippen LogP contribution in [0.4, 0.5) is 0 Å². The zero-order valence-corrected chi connectivity index (χ0v) is 10.4. The van der Waals surface area contributed by atoms with Crippen LogP contribution in [0.25, 0.3) is 0 Å². The van der Waals surface area contributed by atoms with Gasteiger partial charge in [0.2, 0.25) is 0 Å². The minimum absolute atomic E-state index is 0.430. The number of ether oxygens (including phenoxy) is 1. The number of nitrogens with zero attached hydrogens (tertiary/aromatic N) is 1. The molecule has 2 nitrogen and oxygen atoms in total. The Morgan fingerprint density at radius 1 is 1.12 bits per heavy atom. The van der Waals surface area contributed by atoms with Crippen LogP contribution in [0.3, 0.4) is 0 Å². The van der Waals surface area contributed by atoms with Crippen LogP contribution in [0.2, 0.25) is 0 Å². The fourth-order valence-corrected chi connectivity index (χ4v) is 1.71. The summed E-state index contributed by atoms with van der Waals surface area (Å²) < 4.78 is 5.72. The Kier molecular flexibility index (Phi) is 3.99. The summed E-state index contributed by atoms with van der Waals surface area (Å²) in [7, 11) is 0. The molecule has 0 bridgehead atoms. The van der Waals surface area contributed by atoms with E-state index >= 15 is 0 Å². The number of aromatic nitrogens is 1. The van der Waals surface area contributed by atoms with E-state index in [9.17, 15) is 0 Å². The largest absolute Gasteiger partial charge is 0.487 e. The van der Waals surface area contributed by atoms with Crippen LogP contribution in [0.1, 0.15) is 17.0 Å². The molecule has 0 N–H and O–H groups in total. The lowest BCUT2D eigenvalue weighted by molar-refractivity contribution is 0.302. The zero-order chi connectivity index (χ0) is 12.1. The highest BCUT2D eigenvalue weighted by Crippen LogP contribution is 2.18. The number of hydrogen-bond acceptors (Lipinski definition) is 2. The molecule has 2 rings (SSSR count). The molecule has 1 heterocycles. The van der Waals surface area contributed by atoms with Crippen molar-refractivity contribution in [1.29, 1.82) is 0 Å². The molecule has 0 radical (unpaired) electrons. The molecule has 17 heavy (non-hydrogen) atoms. The molecule has 0 saturated carbocycles. The Morgan fingerprint density at radius 2 is 1.88 bits per heavy atom. The van der Waals surface area contributed by atoms with Gasteiger partial charge >= 0.3 is 0 Å². The number of alkyl halides is 1. The van der Waals surface area contributed by atoms with Crippen LogP contribution in [-0.2, 0) is 12.5 Å². The van der Waals surface area contributed by atoms with Gasteiger partial charge in [-0.05, 0) is 24.6 Å². The van der Waals surface area contributed by atoms with Gasteiger partial charge in [-0.3, -0.25) is 4.98 Å². The smallest absolute Gasteiger partial charge is 0.141 e. The zero-order valence-electron chi connectivity index (χ0n) is 9.69. The highest BCUT2D eigenvalue weighted by molar-refractivity contribution is 6.16. The molecule has 3 heteroatoms. The Hall–Kier alpha value is -1.54. The van der Waals surface area contributed by atoms with Crippen LogP contribution in [-0.4, -0.2) is 4.98 Å². The summed E-state index contributed by atoms with van der Waals surface area (Å²) in [6.07, 6.45) is 0. The minimum atomic E-state index is 0.430. The molecule has 0 aliphatic rings. The van der Waals surface area contributed by atoms with Gasteiger partial charge in [0.15, 0.2) is 0 Å². The van der Waals surface area contributed by atoms with Crippen molar-refractivity contribution in [2.24, 2.45) is 0 Å². The van der Waals surface area contributed by atoms with E-state index in [4.69, 9.17) is 16.3 Å². The molecule has 88 valence electrons. The molecule has 0 fully saturated rings. The number of pyridine rings is 1. The molecule has 0 atom stereocenters. The first-order valence-corrected chi connectivity index (χ1v) is 6.02. The van der Waals surface area contributed by atoms with Crippen molar-refractivity contribution < 1.29 is 4.74 Å². The number of hydrogen-bond donors (Lipinski definition) is 0. The molecule has 1 aromatic carbocycles. The van der Waals surface area contributed by atoms with Crippen LogP contribution >= 0.6 is 11.6 Å². The van der Waals surface area contributed by atoms with Gasteiger partial charge < -0.3 is 4.74 Å². The lowest BCUT2D eigenvalue weighted by Gasteiger charge is -2.09. The third kappa shape index (κ3) is 3.21. The van der Waals surface area contributed by atoms with Crippen LogP contribution < -0.4 is 4.74 Å². The average Bonchev–Trinajstić information content (AvgIpc) is 2.38. The predicted molar refractivity (Wildman–Crippen MR) is 69.3 cm³/mol. The second-order valence-electron chi connectivity index (χ2n) is 3.79. The molecule has 0 saturated heterocycles. The molecular formula is C14H14ClNO. The third-order valence-corrected chi connectivity index (χ3v) is 2.74. The third-order valence-electron chi connectivity index (χ3n) is 2.47. The van der Waals surface area contributed by atoms with E-state index in [0.717, 1.165) is 22.7 Å². The van der Waals surface area contributed by atoms with E-state index in [0.29, 0.717) is 12.5 Å². The maximum atomic E-state index is 5.72. The Bertz CT molecular complexity index is 485. The molecule has 0 spiro atoms. The van der Waals surface area contributed by atoms with E-state index in [1.165, 1.54) is 0 Å². The maximum Gasteiger partial charge on any atom is 0.141 e. The fraction of sp³-hybridized carbons (Fsp3) is 0.214. The van der Waals surface area contributed by atoms with Crippen molar-refractivity contribution in [3.05, 3.63) is 59.4 Å². The maximum absolute atomic E-state index is 5.72. The van der Waals surface area contributed by atoms with Crippen LogP contribution in [0.5, 0.6) is 5.75 Å².